The number of carbonyl (C=O) groups is 2. The number of carboxylic acid groups (broad SMARTS) is 1. The molecule has 1 fully saturated rings. The predicted octanol–water partition coefficient (Wildman–Crippen LogP) is 3.71. The summed E-state index contributed by atoms with van der Waals surface area (Å²) in [5, 5.41) is 12.5. The highest BCUT2D eigenvalue weighted by Crippen LogP contribution is 2.40. The smallest absolute Gasteiger partial charge is 0.326 e. The predicted molar refractivity (Wildman–Crippen MR) is 107 cm³/mol. The second-order valence-electron chi connectivity index (χ2n) is 7.43. The van der Waals surface area contributed by atoms with E-state index in [4.69, 9.17) is 4.74 Å². The molecule has 1 saturated carbocycles. The van der Waals surface area contributed by atoms with E-state index in [0.29, 0.717) is 0 Å². The summed E-state index contributed by atoms with van der Waals surface area (Å²) in [5.74, 6) is -0.471. The Kier molecular flexibility index (Phi) is 6.34. The third kappa shape index (κ3) is 4.35. The van der Waals surface area contributed by atoms with Gasteiger partial charge in [0, 0.05) is 6.42 Å². The highest BCUT2D eigenvalue weighted by molar-refractivity contribution is 5.91. The number of nitrogens with one attached hydrogen (secondary N) is 1. The first kappa shape index (κ1) is 19.9. The molecule has 2 N–H and O–H groups in total. The third-order valence-electron chi connectivity index (χ3n) is 5.67. The van der Waals surface area contributed by atoms with Crippen LogP contribution < -0.4 is 10.1 Å². The zero-order valence-electron chi connectivity index (χ0n) is 16.2. The molecule has 2 aromatic rings. The van der Waals surface area contributed by atoms with Crippen molar-refractivity contribution in [3.63, 3.8) is 0 Å². The highest BCUT2D eigenvalue weighted by atomic mass is 16.5. The Morgan fingerprint density at radius 3 is 2.25 bits per heavy atom. The molecule has 3 rings (SSSR count). The summed E-state index contributed by atoms with van der Waals surface area (Å²) in [6, 6.07) is 16.0. The molecule has 1 atom stereocenters. The molecule has 0 bridgehead atoms. The second kappa shape index (κ2) is 8.91. The molecule has 0 heterocycles. The average Bonchev–Trinajstić information content (AvgIpc) is 2.74. The number of hydrogen-bond acceptors (Lipinski definition) is 3. The van der Waals surface area contributed by atoms with Crippen molar-refractivity contribution in [3.05, 3.63) is 65.7 Å². The van der Waals surface area contributed by atoms with Gasteiger partial charge in [0.25, 0.3) is 0 Å². The van der Waals surface area contributed by atoms with Crippen molar-refractivity contribution in [2.24, 2.45) is 0 Å². The molecule has 0 aromatic heterocycles. The number of carbonyl (C=O) groups excluding carboxylic acids is 1. The summed E-state index contributed by atoms with van der Waals surface area (Å²) < 4.78 is 5.23. The summed E-state index contributed by atoms with van der Waals surface area (Å²) in [5.41, 5.74) is 1.13. The van der Waals surface area contributed by atoms with Gasteiger partial charge in [-0.05, 0) is 36.1 Å². The maximum atomic E-state index is 13.4. The summed E-state index contributed by atoms with van der Waals surface area (Å²) in [4.78, 5) is 25.2. The molecule has 0 radical (unpaired) electrons. The second-order valence-corrected chi connectivity index (χ2v) is 7.43. The van der Waals surface area contributed by atoms with E-state index < -0.39 is 17.4 Å². The number of benzene rings is 2. The van der Waals surface area contributed by atoms with Crippen molar-refractivity contribution < 1.29 is 19.4 Å². The lowest BCUT2D eigenvalue weighted by molar-refractivity contribution is -0.143. The van der Waals surface area contributed by atoms with Crippen LogP contribution in [0.3, 0.4) is 0 Å². The van der Waals surface area contributed by atoms with Crippen LogP contribution in [0.2, 0.25) is 0 Å². The Labute approximate surface area is 165 Å². The highest BCUT2D eigenvalue weighted by Gasteiger charge is 2.42. The van der Waals surface area contributed by atoms with E-state index in [2.05, 4.69) is 5.32 Å². The topological polar surface area (TPSA) is 75.6 Å². The fraction of sp³-hybridized carbons (Fsp3) is 0.391. The summed E-state index contributed by atoms with van der Waals surface area (Å²) in [6.07, 6.45) is 4.72. The van der Waals surface area contributed by atoms with E-state index in [9.17, 15) is 14.7 Å². The van der Waals surface area contributed by atoms with Crippen LogP contribution in [-0.2, 0) is 21.4 Å². The molecular formula is C23H27NO4. The van der Waals surface area contributed by atoms with Crippen molar-refractivity contribution in [1.82, 2.24) is 5.32 Å². The molecule has 28 heavy (non-hydrogen) atoms. The van der Waals surface area contributed by atoms with Gasteiger partial charge in [0.05, 0.1) is 12.5 Å². The quantitative estimate of drug-likeness (QED) is 0.767. The summed E-state index contributed by atoms with van der Waals surface area (Å²) in [7, 11) is 1.61. The molecule has 1 aliphatic carbocycles. The number of rotatable bonds is 7. The fourth-order valence-electron chi connectivity index (χ4n) is 4.06. The lowest BCUT2D eigenvalue weighted by Crippen LogP contribution is -2.52. The van der Waals surface area contributed by atoms with Crippen molar-refractivity contribution in [1.29, 1.82) is 0 Å². The van der Waals surface area contributed by atoms with Crippen LogP contribution in [0.25, 0.3) is 0 Å². The van der Waals surface area contributed by atoms with Gasteiger partial charge in [-0.3, -0.25) is 4.79 Å². The SMILES string of the molecule is COc1ccc(C2(C(=O)NC(Cc3ccccc3)C(=O)O)CCCCC2)cc1. The Balaban J connectivity index is 1.84. The minimum atomic E-state index is -1.02. The monoisotopic (exact) mass is 381 g/mol. The number of carboxylic acids is 1. The molecular weight excluding hydrogens is 354 g/mol. The van der Waals surface area contributed by atoms with Gasteiger partial charge in [0.1, 0.15) is 11.8 Å². The van der Waals surface area contributed by atoms with Crippen LogP contribution in [0.1, 0.15) is 43.2 Å². The van der Waals surface area contributed by atoms with Crippen LogP contribution >= 0.6 is 0 Å². The average molecular weight is 381 g/mol. The molecule has 1 unspecified atom stereocenters. The van der Waals surface area contributed by atoms with E-state index in [-0.39, 0.29) is 12.3 Å². The number of hydrogen-bond donors (Lipinski definition) is 2. The Bertz CT molecular complexity index is 795. The van der Waals surface area contributed by atoms with Crippen molar-refractivity contribution in [2.45, 2.75) is 50.0 Å². The Morgan fingerprint density at radius 1 is 1.04 bits per heavy atom. The van der Waals surface area contributed by atoms with Gasteiger partial charge >= 0.3 is 5.97 Å². The molecule has 1 amide bonds. The van der Waals surface area contributed by atoms with Crippen LogP contribution in [0.5, 0.6) is 5.75 Å². The number of methoxy groups -OCH3 is 1. The summed E-state index contributed by atoms with van der Waals surface area (Å²) >= 11 is 0. The summed E-state index contributed by atoms with van der Waals surface area (Å²) in [6.45, 7) is 0. The minimum absolute atomic E-state index is 0.194. The Morgan fingerprint density at radius 2 is 1.68 bits per heavy atom. The molecule has 0 spiro atoms. The maximum absolute atomic E-state index is 13.4. The largest absolute Gasteiger partial charge is 0.497 e. The van der Waals surface area contributed by atoms with E-state index in [1.807, 2.05) is 54.6 Å². The number of amides is 1. The van der Waals surface area contributed by atoms with E-state index in [1.165, 1.54) is 0 Å². The zero-order valence-corrected chi connectivity index (χ0v) is 16.2. The molecule has 148 valence electrons. The first-order valence-electron chi connectivity index (χ1n) is 9.77. The van der Waals surface area contributed by atoms with E-state index in [1.54, 1.807) is 7.11 Å². The lowest BCUT2D eigenvalue weighted by Gasteiger charge is -2.37. The van der Waals surface area contributed by atoms with Gasteiger partial charge in [-0.1, -0.05) is 61.7 Å². The lowest BCUT2D eigenvalue weighted by atomic mass is 9.68. The van der Waals surface area contributed by atoms with E-state index >= 15 is 0 Å². The van der Waals surface area contributed by atoms with Gasteiger partial charge in [0.2, 0.25) is 5.91 Å². The molecule has 5 nitrogen and oxygen atoms in total. The van der Waals surface area contributed by atoms with Gasteiger partial charge in [-0.2, -0.15) is 0 Å². The Hall–Kier alpha value is -2.82. The third-order valence-corrected chi connectivity index (χ3v) is 5.67. The molecule has 1 aliphatic rings. The van der Waals surface area contributed by atoms with Crippen molar-refractivity contribution in [3.8, 4) is 5.75 Å². The van der Waals surface area contributed by atoms with Crippen LogP contribution in [0.15, 0.2) is 54.6 Å². The van der Waals surface area contributed by atoms with Crippen LogP contribution in [0, 0.1) is 0 Å². The van der Waals surface area contributed by atoms with Crippen LogP contribution in [-0.4, -0.2) is 30.1 Å². The minimum Gasteiger partial charge on any atom is -0.497 e. The van der Waals surface area contributed by atoms with E-state index in [0.717, 1.165) is 49.0 Å². The first-order chi connectivity index (χ1) is 13.5. The number of aliphatic carboxylic acids is 1. The first-order valence-corrected chi connectivity index (χ1v) is 9.77. The number of ether oxygens (including phenoxy) is 1. The van der Waals surface area contributed by atoms with Crippen LogP contribution in [0.4, 0.5) is 0 Å². The standard InChI is InChI=1S/C23H27NO4/c1-28-19-12-10-18(11-13-19)23(14-6-3-7-15-23)22(27)24-20(21(25)26)16-17-8-4-2-5-9-17/h2,4-5,8-13,20H,3,6-7,14-16H2,1H3,(H,24,27)(H,25,26). The van der Waals surface area contributed by atoms with Gasteiger partial charge in [-0.15, -0.1) is 0 Å². The molecule has 0 aliphatic heterocycles. The normalized spacial score (nSPS) is 16.8. The van der Waals surface area contributed by atoms with Crippen molar-refractivity contribution in [2.75, 3.05) is 7.11 Å². The molecule has 2 aromatic carbocycles. The molecule has 0 saturated heterocycles. The van der Waals surface area contributed by atoms with Gasteiger partial charge < -0.3 is 15.2 Å². The maximum Gasteiger partial charge on any atom is 0.326 e. The fourth-order valence-corrected chi connectivity index (χ4v) is 4.06. The van der Waals surface area contributed by atoms with Crippen molar-refractivity contribution >= 4 is 11.9 Å². The molecule has 5 heteroatoms. The van der Waals surface area contributed by atoms with Gasteiger partial charge in [-0.25, -0.2) is 4.79 Å². The van der Waals surface area contributed by atoms with Gasteiger partial charge in [0.15, 0.2) is 0 Å². The zero-order chi connectivity index (χ0) is 20.0.